The van der Waals surface area contributed by atoms with E-state index < -0.39 is 44.1 Å². The maximum absolute atomic E-state index is 16.0. The van der Waals surface area contributed by atoms with Gasteiger partial charge in [-0.2, -0.15) is 4.39 Å². The van der Waals surface area contributed by atoms with E-state index in [1.165, 1.54) is 38.5 Å². The van der Waals surface area contributed by atoms with Gasteiger partial charge in [0.2, 0.25) is 5.95 Å². The second-order valence-corrected chi connectivity index (χ2v) is 13.6. The van der Waals surface area contributed by atoms with Crippen molar-refractivity contribution in [2.24, 2.45) is 11.3 Å². The quantitative estimate of drug-likeness (QED) is 0.207. The first-order chi connectivity index (χ1) is 20.4. The molecule has 13 heteroatoms. The molecule has 1 saturated carbocycles. The number of pyridine rings is 1. The number of aromatic nitrogens is 1. The molecule has 2 unspecified atom stereocenters. The molecule has 43 heavy (non-hydrogen) atoms. The first-order valence-electron chi connectivity index (χ1n) is 13.8. The van der Waals surface area contributed by atoms with Crippen LogP contribution in [0.2, 0.25) is 5.02 Å². The van der Waals surface area contributed by atoms with Crippen molar-refractivity contribution in [2.75, 3.05) is 57.2 Å². The molecule has 8 nitrogen and oxygen atoms in total. The third kappa shape index (κ3) is 5.84. The van der Waals surface area contributed by atoms with Gasteiger partial charge in [-0.3, -0.25) is 0 Å². The number of methoxy groups -OCH3 is 2. The molecule has 0 radical (unpaired) electrons. The molecule has 1 spiro atoms. The van der Waals surface area contributed by atoms with Crippen molar-refractivity contribution >= 4 is 33.1 Å². The third-order valence-corrected chi connectivity index (χ3v) is 10.7. The van der Waals surface area contributed by atoms with E-state index >= 15 is 8.78 Å². The summed E-state index contributed by atoms with van der Waals surface area (Å²) in [5.41, 5.74) is 0.453. The lowest BCUT2D eigenvalue weighted by molar-refractivity contribution is 0.0332. The highest BCUT2D eigenvalue weighted by Gasteiger charge is 2.51. The van der Waals surface area contributed by atoms with Crippen molar-refractivity contribution in [2.45, 2.75) is 30.7 Å². The number of halogens is 4. The van der Waals surface area contributed by atoms with Crippen LogP contribution in [0.4, 0.5) is 24.7 Å². The summed E-state index contributed by atoms with van der Waals surface area (Å²) in [6.45, 7) is 1.56. The van der Waals surface area contributed by atoms with Gasteiger partial charge in [0.15, 0.2) is 10.7 Å². The average molecular weight is 639 g/mol. The lowest BCUT2D eigenvalue weighted by atomic mass is 9.59. The maximum atomic E-state index is 16.0. The SMILES string of the molecule is COc1ccc(CN(c2cccc(F)n2)S(=O)(=O)c2c(F)cc(N3CCC4(CCC4CN(C)C)C3)c(Cl)c2F)c(OC)c1. The highest BCUT2D eigenvalue weighted by molar-refractivity contribution is 7.92. The van der Waals surface area contributed by atoms with Crippen LogP contribution >= 0.6 is 11.6 Å². The van der Waals surface area contributed by atoms with Gasteiger partial charge in [0.25, 0.3) is 10.0 Å². The molecular formula is C30H34ClF3N4O4S. The number of nitrogens with zero attached hydrogens (tertiary/aromatic N) is 4. The van der Waals surface area contributed by atoms with Crippen molar-refractivity contribution in [3.8, 4) is 11.5 Å². The van der Waals surface area contributed by atoms with E-state index in [1.807, 2.05) is 19.0 Å². The van der Waals surface area contributed by atoms with Gasteiger partial charge in [0.05, 0.1) is 26.5 Å². The predicted octanol–water partition coefficient (Wildman–Crippen LogP) is 5.73. The van der Waals surface area contributed by atoms with Crippen LogP contribution in [0.1, 0.15) is 24.8 Å². The summed E-state index contributed by atoms with van der Waals surface area (Å²) in [5, 5.41) is -0.491. The number of hydrogen-bond acceptors (Lipinski definition) is 7. The molecule has 232 valence electrons. The minimum Gasteiger partial charge on any atom is -0.497 e. The molecule has 1 aliphatic carbocycles. The van der Waals surface area contributed by atoms with Crippen molar-refractivity contribution in [3.05, 3.63) is 70.6 Å². The number of sulfonamides is 1. The number of rotatable bonds is 10. The summed E-state index contributed by atoms with van der Waals surface area (Å²) in [5.74, 6) is -2.93. The fourth-order valence-corrected chi connectivity index (χ4v) is 8.06. The van der Waals surface area contributed by atoms with Crippen LogP contribution in [0, 0.1) is 28.9 Å². The summed E-state index contributed by atoms with van der Waals surface area (Å²) in [4.78, 5) is 6.42. The predicted molar refractivity (Wildman–Crippen MR) is 159 cm³/mol. The normalized spacial score (nSPS) is 20.0. The second kappa shape index (κ2) is 12.0. The Morgan fingerprint density at radius 1 is 1.09 bits per heavy atom. The number of hydrogen-bond donors (Lipinski definition) is 0. The van der Waals surface area contributed by atoms with Crippen molar-refractivity contribution in [1.29, 1.82) is 0 Å². The van der Waals surface area contributed by atoms with Crippen molar-refractivity contribution in [3.63, 3.8) is 0 Å². The zero-order chi connectivity index (χ0) is 31.1. The first-order valence-corrected chi connectivity index (χ1v) is 15.7. The summed E-state index contributed by atoms with van der Waals surface area (Å²) in [6, 6.07) is 9.12. The Hall–Kier alpha value is -3.22. The largest absolute Gasteiger partial charge is 0.497 e. The van der Waals surface area contributed by atoms with Gasteiger partial charge in [-0.25, -0.2) is 26.5 Å². The lowest BCUT2D eigenvalue weighted by Crippen LogP contribution is -2.47. The molecule has 2 fully saturated rings. The third-order valence-electron chi connectivity index (χ3n) is 8.58. The minimum absolute atomic E-state index is 0.0303. The molecule has 2 heterocycles. The van der Waals surface area contributed by atoms with Crippen LogP contribution in [-0.2, 0) is 16.6 Å². The van der Waals surface area contributed by atoms with Crippen LogP contribution in [0.5, 0.6) is 11.5 Å². The van der Waals surface area contributed by atoms with Crippen LogP contribution in [-0.4, -0.2) is 66.3 Å². The Kier molecular flexibility index (Phi) is 8.75. The first kappa shape index (κ1) is 31.2. The molecule has 2 aliphatic rings. The number of benzene rings is 2. The standard InChI is InChI=1S/C30H34ClF3N4O4S/c1-36(2)17-20-10-11-30(20)12-13-37(18-30)23-15-22(32)29(28(34)27(23)31)43(39,40)38(26-7-5-6-25(33)35-26)16-19-8-9-21(41-3)14-24(19)42-4/h5-9,14-15,20H,10-13,16-18H2,1-4H3. The lowest BCUT2D eigenvalue weighted by Gasteiger charge is -2.48. The monoisotopic (exact) mass is 638 g/mol. The smallest absolute Gasteiger partial charge is 0.271 e. The van der Waals surface area contributed by atoms with Gasteiger partial charge in [0.1, 0.15) is 28.2 Å². The van der Waals surface area contributed by atoms with Gasteiger partial charge in [0, 0.05) is 37.3 Å². The van der Waals surface area contributed by atoms with E-state index in [1.54, 1.807) is 6.07 Å². The Morgan fingerprint density at radius 2 is 1.86 bits per heavy atom. The molecule has 3 aromatic rings. The van der Waals surface area contributed by atoms with Gasteiger partial charge < -0.3 is 19.3 Å². The zero-order valence-corrected chi connectivity index (χ0v) is 26.0. The topological polar surface area (TPSA) is 75.2 Å². The van der Waals surface area contributed by atoms with E-state index in [-0.39, 0.29) is 22.7 Å². The average Bonchev–Trinajstić information content (AvgIpc) is 3.43. The van der Waals surface area contributed by atoms with Crippen molar-refractivity contribution in [1.82, 2.24) is 9.88 Å². The highest BCUT2D eigenvalue weighted by Crippen LogP contribution is 2.54. The van der Waals surface area contributed by atoms with Crippen LogP contribution in [0.25, 0.3) is 0 Å². The highest BCUT2D eigenvalue weighted by atomic mass is 35.5. The molecule has 2 aromatic carbocycles. The molecule has 1 saturated heterocycles. The Balaban J connectivity index is 1.53. The van der Waals surface area contributed by atoms with E-state index in [0.29, 0.717) is 34.6 Å². The second-order valence-electron chi connectivity index (χ2n) is 11.4. The number of anilines is 2. The summed E-state index contributed by atoms with van der Waals surface area (Å²) in [6.07, 6.45) is 2.96. The van der Waals surface area contributed by atoms with Gasteiger partial charge in [-0.05, 0) is 69.0 Å². The van der Waals surface area contributed by atoms with Gasteiger partial charge >= 0.3 is 0 Å². The Bertz CT molecular complexity index is 1630. The Morgan fingerprint density at radius 3 is 2.49 bits per heavy atom. The van der Waals surface area contributed by atoms with Crippen LogP contribution < -0.4 is 18.7 Å². The van der Waals surface area contributed by atoms with Crippen LogP contribution in [0.15, 0.2) is 47.4 Å². The molecular weight excluding hydrogens is 605 g/mol. The molecule has 1 aromatic heterocycles. The van der Waals surface area contributed by atoms with E-state index in [4.69, 9.17) is 21.1 Å². The van der Waals surface area contributed by atoms with E-state index in [0.717, 1.165) is 37.9 Å². The molecule has 1 aliphatic heterocycles. The maximum Gasteiger partial charge on any atom is 0.271 e. The molecule has 0 N–H and O–H groups in total. The summed E-state index contributed by atoms with van der Waals surface area (Å²) < 4.78 is 85.3. The fourth-order valence-electron chi connectivity index (χ4n) is 6.23. The van der Waals surface area contributed by atoms with E-state index in [2.05, 4.69) is 9.88 Å². The van der Waals surface area contributed by atoms with Gasteiger partial charge in [-0.1, -0.05) is 17.7 Å². The Labute approximate surface area is 255 Å². The summed E-state index contributed by atoms with van der Waals surface area (Å²) in [7, 11) is 1.86. The van der Waals surface area contributed by atoms with Crippen molar-refractivity contribution < 1.29 is 31.1 Å². The van der Waals surface area contributed by atoms with Crippen LogP contribution in [0.3, 0.4) is 0 Å². The number of ether oxygens (including phenoxy) is 2. The molecule has 5 rings (SSSR count). The minimum atomic E-state index is -5.01. The molecule has 0 bridgehead atoms. The molecule has 0 amide bonds. The zero-order valence-electron chi connectivity index (χ0n) is 24.4. The fraction of sp³-hybridized carbons (Fsp3) is 0.433. The van der Waals surface area contributed by atoms with Gasteiger partial charge in [-0.15, -0.1) is 0 Å². The molecule has 2 atom stereocenters. The van der Waals surface area contributed by atoms with E-state index in [9.17, 15) is 12.8 Å². The summed E-state index contributed by atoms with van der Waals surface area (Å²) >= 11 is 6.46.